The van der Waals surface area contributed by atoms with Crippen molar-refractivity contribution in [3.8, 4) is 0 Å². The molecule has 0 saturated carbocycles. The van der Waals surface area contributed by atoms with Crippen molar-refractivity contribution >= 4 is 0 Å². The molecule has 1 aliphatic heterocycles. The molecular weight excluding hydrogens is 277 g/mol. The topological polar surface area (TPSA) is 15.3 Å². The Morgan fingerprint density at radius 1 is 1.19 bits per heavy atom. The molecule has 5 heteroatoms. The summed E-state index contributed by atoms with van der Waals surface area (Å²) in [6, 6.07) is 2.84. The third-order valence-corrected chi connectivity index (χ3v) is 4.03. The fourth-order valence-corrected chi connectivity index (χ4v) is 2.75. The van der Waals surface area contributed by atoms with Gasteiger partial charge in [-0.1, -0.05) is 6.42 Å². The SMILES string of the molecule is CC(C)N(Cc1cc(F)c(F)c(F)c1)CC1CCCCN1. The Morgan fingerprint density at radius 3 is 2.38 bits per heavy atom. The predicted molar refractivity (Wildman–Crippen MR) is 77.5 cm³/mol. The minimum absolute atomic E-state index is 0.255. The Morgan fingerprint density at radius 2 is 1.86 bits per heavy atom. The van der Waals surface area contributed by atoms with Crippen molar-refractivity contribution < 1.29 is 13.2 Å². The van der Waals surface area contributed by atoms with Crippen LogP contribution in [0.25, 0.3) is 0 Å². The van der Waals surface area contributed by atoms with Crippen LogP contribution in [0, 0.1) is 17.5 Å². The molecule has 1 aliphatic rings. The molecule has 2 rings (SSSR count). The third kappa shape index (κ3) is 4.45. The molecule has 1 aromatic rings. The van der Waals surface area contributed by atoms with Crippen molar-refractivity contribution in [3.05, 3.63) is 35.1 Å². The van der Waals surface area contributed by atoms with Gasteiger partial charge >= 0.3 is 0 Å². The molecule has 1 N–H and O–H groups in total. The molecule has 21 heavy (non-hydrogen) atoms. The highest BCUT2D eigenvalue weighted by atomic mass is 19.2. The fourth-order valence-electron chi connectivity index (χ4n) is 2.75. The first-order chi connectivity index (χ1) is 9.97. The lowest BCUT2D eigenvalue weighted by molar-refractivity contribution is 0.176. The van der Waals surface area contributed by atoms with Crippen LogP contribution in [0.1, 0.15) is 38.7 Å². The second kappa shape index (κ2) is 7.27. The first-order valence-electron chi connectivity index (χ1n) is 7.58. The van der Waals surface area contributed by atoms with Gasteiger partial charge in [-0.3, -0.25) is 4.90 Å². The van der Waals surface area contributed by atoms with E-state index in [2.05, 4.69) is 24.1 Å². The molecule has 1 unspecified atom stereocenters. The van der Waals surface area contributed by atoms with Gasteiger partial charge in [-0.2, -0.15) is 0 Å². The van der Waals surface area contributed by atoms with E-state index in [1.165, 1.54) is 12.8 Å². The first-order valence-corrected chi connectivity index (χ1v) is 7.58. The summed E-state index contributed by atoms with van der Waals surface area (Å²) in [4.78, 5) is 2.16. The van der Waals surface area contributed by atoms with Crippen molar-refractivity contribution in [2.75, 3.05) is 13.1 Å². The molecular formula is C16H23F3N2. The molecule has 1 heterocycles. The van der Waals surface area contributed by atoms with Gasteiger partial charge in [0.05, 0.1) is 0 Å². The van der Waals surface area contributed by atoms with Gasteiger partial charge in [-0.25, -0.2) is 13.2 Å². The molecule has 1 atom stereocenters. The summed E-state index contributed by atoms with van der Waals surface area (Å²) in [5, 5.41) is 3.47. The van der Waals surface area contributed by atoms with Crippen LogP contribution in [-0.4, -0.2) is 30.1 Å². The number of piperidine rings is 1. The van der Waals surface area contributed by atoms with E-state index in [1.807, 2.05) is 0 Å². The first kappa shape index (κ1) is 16.3. The molecule has 0 bridgehead atoms. The molecule has 0 aromatic heterocycles. The van der Waals surface area contributed by atoms with Gasteiger partial charge in [0.2, 0.25) is 0 Å². The van der Waals surface area contributed by atoms with Crippen LogP contribution >= 0.6 is 0 Å². The van der Waals surface area contributed by atoms with Gasteiger partial charge in [-0.05, 0) is 50.9 Å². The monoisotopic (exact) mass is 300 g/mol. The molecule has 118 valence electrons. The van der Waals surface area contributed by atoms with Crippen LogP contribution in [0.5, 0.6) is 0 Å². The van der Waals surface area contributed by atoms with Crippen LogP contribution in [0.4, 0.5) is 13.2 Å². The maximum atomic E-state index is 13.3. The lowest BCUT2D eigenvalue weighted by atomic mass is 10.0. The van der Waals surface area contributed by atoms with Gasteiger partial charge in [0.15, 0.2) is 17.5 Å². The van der Waals surface area contributed by atoms with Crippen LogP contribution in [-0.2, 0) is 6.54 Å². The lowest BCUT2D eigenvalue weighted by Crippen LogP contribution is -2.45. The average molecular weight is 300 g/mol. The molecule has 2 nitrogen and oxygen atoms in total. The zero-order chi connectivity index (χ0) is 15.4. The molecule has 0 spiro atoms. The Labute approximate surface area is 124 Å². The number of hydrogen-bond acceptors (Lipinski definition) is 2. The van der Waals surface area contributed by atoms with E-state index in [0.29, 0.717) is 18.2 Å². The van der Waals surface area contributed by atoms with Crippen LogP contribution < -0.4 is 5.32 Å². The zero-order valence-corrected chi connectivity index (χ0v) is 12.6. The van der Waals surface area contributed by atoms with Gasteiger partial charge in [0, 0.05) is 25.2 Å². The molecule has 1 fully saturated rings. The Hall–Kier alpha value is -1.07. The number of nitrogens with one attached hydrogen (secondary N) is 1. The standard InChI is InChI=1S/C16H23F3N2/c1-11(2)21(10-13-5-3-4-6-20-13)9-12-7-14(17)16(19)15(18)8-12/h7-8,11,13,20H,3-6,9-10H2,1-2H3. The summed E-state index contributed by atoms with van der Waals surface area (Å²) in [7, 11) is 0. The number of rotatable bonds is 5. The van der Waals surface area contributed by atoms with Crippen LogP contribution in [0.2, 0.25) is 0 Å². The zero-order valence-electron chi connectivity index (χ0n) is 12.6. The summed E-state index contributed by atoms with van der Waals surface area (Å²) < 4.78 is 39.6. The maximum Gasteiger partial charge on any atom is 0.194 e. The fraction of sp³-hybridized carbons (Fsp3) is 0.625. The summed E-state index contributed by atoms with van der Waals surface area (Å²) in [5.41, 5.74) is 0.468. The Kier molecular flexibility index (Phi) is 5.65. The highest BCUT2D eigenvalue weighted by Crippen LogP contribution is 2.17. The molecule has 0 radical (unpaired) electrons. The summed E-state index contributed by atoms with van der Waals surface area (Å²) in [5.74, 6) is -3.64. The Balaban J connectivity index is 2.05. The number of benzene rings is 1. The highest BCUT2D eigenvalue weighted by molar-refractivity contribution is 5.19. The smallest absolute Gasteiger partial charge is 0.194 e. The molecule has 0 amide bonds. The van der Waals surface area contributed by atoms with Crippen LogP contribution in [0.15, 0.2) is 12.1 Å². The van der Waals surface area contributed by atoms with E-state index in [4.69, 9.17) is 0 Å². The normalized spacial score (nSPS) is 19.5. The van der Waals surface area contributed by atoms with Crippen molar-refractivity contribution in [1.82, 2.24) is 10.2 Å². The Bertz CT molecular complexity index is 448. The number of halogens is 3. The number of nitrogens with zero attached hydrogens (tertiary/aromatic N) is 1. The molecule has 1 aromatic carbocycles. The summed E-state index contributed by atoms with van der Waals surface area (Å²) in [6.07, 6.45) is 3.53. The van der Waals surface area contributed by atoms with E-state index in [0.717, 1.165) is 31.6 Å². The second-order valence-corrected chi connectivity index (χ2v) is 6.04. The predicted octanol–water partition coefficient (Wildman–Crippen LogP) is 3.46. The van der Waals surface area contributed by atoms with Gasteiger partial charge < -0.3 is 5.32 Å². The van der Waals surface area contributed by atoms with Gasteiger partial charge in [0.1, 0.15) is 0 Å². The van der Waals surface area contributed by atoms with Crippen LogP contribution in [0.3, 0.4) is 0 Å². The van der Waals surface area contributed by atoms with Gasteiger partial charge in [0.25, 0.3) is 0 Å². The molecule has 1 saturated heterocycles. The lowest BCUT2D eigenvalue weighted by Gasteiger charge is -2.33. The highest BCUT2D eigenvalue weighted by Gasteiger charge is 2.20. The van der Waals surface area contributed by atoms with E-state index in [1.54, 1.807) is 0 Å². The maximum absolute atomic E-state index is 13.3. The third-order valence-electron chi connectivity index (χ3n) is 4.03. The van der Waals surface area contributed by atoms with E-state index >= 15 is 0 Å². The van der Waals surface area contributed by atoms with Gasteiger partial charge in [-0.15, -0.1) is 0 Å². The van der Waals surface area contributed by atoms with Crippen molar-refractivity contribution in [1.29, 1.82) is 0 Å². The summed E-state index contributed by atoms with van der Waals surface area (Å²) >= 11 is 0. The van der Waals surface area contributed by atoms with E-state index in [-0.39, 0.29) is 6.04 Å². The van der Waals surface area contributed by atoms with Crippen molar-refractivity contribution in [3.63, 3.8) is 0 Å². The largest absolute Gasteiger partial charge is 0.313 e. The second-order valence-electron chi connectivity index (χ2n) is 6.04. The van der Waals surface area contributed by atoms with Crippen molar-refractivity contribution in [2.45, 2.75) is 51.7 Å². The molecule has 0 aliphatic carbocycles. The van der Waals surface area contributed by atoms with E-state index < -0.39 is 17.5 Å². The minimum Gasteiger partial charge on any atom is -0.313 e. The van der Waals surface area contributed by atoms with Crippen molar-refractivity contribution in [2.24, 2.45) is 0 Å². The summed E-state index contributed by atoms with van der Waals surface area (Å²) in [6.45, 7) is 6.39. The quantitative estimate of drug-likeness (QED) is 0.838. The van der Waals surface area contributed by atoms with E-state index in [9.17, 15) is 13.2 Å². The minimum atomic E-state index is -1.40. The average Bonchev–Trinajstić information content (AvgIpc) is 2.45. The number of hydrogen-bond donors (Lipinski definition) is 1.